The van der Waals surface area contributed by atoms with Gasteiger partial charge < -0.3 is 4.74 Å². The van der Waals surface area contributed by atoms with Gasteiger partial charge in [-0.1, -0.05) is 98.0 Å². The Hall–Kier alpha value is -3.06. The smallest absolute Gasteiger partial charge is 0.123 e. The fourth-order valence-electron chi connectivity index (χ4n) is 3.67. The van der Waals surface area contributed by atoms with E-state index in [1.54, 1.807) is 0 Å². The van der Waals surface area contributed by atoms with E-state index >= 15 is 0 Å². The van der Waals surface area contributed by atoms with Crippen molar-refractivity contribution in [1.82, 2.24) is 0 Å². The maximum atomic E-state index is 6.07. The normalized spacial score (nSPS) is 16.7. The van der Waals surface area contributed by atoms with Gasteiger partial charge >= 0.3 is 0 Å². The lowest BCUT2D eigenvalue weighted by molar-refractivity contribution is 0.300. The van der Waals surface area contributed by atoms with Crippen LogP contribution in [0, 0.1) is 5.92 Å². The molecule has 0 aliphatic carbocycles. The molecule has 0 amide bonds. The average Bonchev–Trinajstić information content (AvgIpc) is 2.93. The molecule has 0 N–H and O–H groups in total. The molecular weight excluding hydrogens is 340 g/mol. The van der Waals surface area contributed by atoms with Gasteiger partial charge in [0, 0.05) is 5.56 Å². The van der Waals surface area contributed by atoms with Crippen LogP contribution in [0.2, 0.25) is 0 Å². The van der Waals surface area contributed by atoms with Crippen LogP contribution in [0.15, 0.2) is 72.8 Å². The minimum Gasteiger partial charge on any atom is -0.493 e. The van der Waals surface area contributed by atoms with Gasteiger partial charge in [-0.15, -0.1) is 0 Å². The van der Waals surface area contributed by atoms with Crippen LogP contribution in [0.25, 0.3) is 24.3 Å². The van der Waals surface area contributed by atoms with Crippen LogP contribution < -0.4 is 4.74 Å². The zero-order valence-corrected chi connectivity index (χ0v) is 16.3. The number of hydrogen-bond acceptors (Lipinski definition) is 1. The molecule has 1 unspecified atom stereocenters. The Labute approximate surface area is 168 Å². The molecule has 0 spiro atoms. The highest BCUT2D eigenvalue weighted by Gasteiger charge is 2.18. The Kier molecular flexibility index (Phi) is 5.72. The number of fused-ring (bicyclic) bond motifs is 1. The van der Waals surface area contributed by atoms with Gasteiger partial charge in [-0.3, -0.25) is 0 Å². The molecule has 0 fully saturated rings. The lowest BCUT2D eigenvalue weighted by Gasteiger charge is -2.14. The first-order valence-corrected chi connectivity index (χ1v) is 10.0. The monoisotopic (exact) mass is 366 g/mol. The maximum Gasteiger partial charge on any atom is 0.123 e. The number of rotatable bonds is 4. The number of ether oxygens (including phenoxy) is 1. The van der Waals surface area contributed by atoms with E-state index in [0.717, 1.165) is 25.2 Å². The molecule has 0 aromatic heterocycles. The van der Waals surface area contributed by atoms with Crippen molar-refractivity contribution in [2.24, 2.45) is 5.92 Å². The first-order chi connectivity index (χ1) is 13.8. The summed E-state index contributed by atoms with van der Waals surface area (Å²) in [6.45, 7) is 3.12. The van der Waals surface area contributed by atoms with Crippen molar-refractivity contribution in [2.75, 3.05) is 6.61 Å². The van der Waals surface area contributed by atoms with E-state index in [1.165, 1.54) is 27.8 Å². The summed E-state index contributed by atoms with van der Waals surface area (Å²) in [5.41, 5.74) is 6.24. The second-order valence-electron chi connectivity index (χ2n) is 7.48. The summed E-state index contributed by atoms with van der Waals surface area (Å²) in [6.07, 6.45) is 11.0. The fourth-order valence-corrected chi connectivity index (χ4v) is 3.67. The standard InChI is InChI=1S/C27H26O/c1-21-18-19-28-27-17-15-24(14-12-22-8-4-2-5-9-22)25(26(27)20-21)16-13-23-10-6-3-7-11-23/h2-17,21H,18-20H2,1H3. The molecule has 1 atom stereocenters. The van der Waals surface area contributed by atoms with Crippen LogP contribution >= 0.6 is 0 Å². The van der Waals surface area contributed by atoms with Gasteiger partial charge in [0.2, 0.25) is 0 Å². The Balaban J connectivity index is 1.76. The molecule has 1 aliphatic rings. The molecular formula is C27H26O. The SMILES string of the molecule is CC1CCOc2ccc(C=Cc3ccccc3)c(C=Cc3ccccc3)c2C1. The van der Waals surface area contributed by atoms with Gasteiger partial charge in [-0.2, -0.15) is 0 Å². The molecule has 1 heterocycles. The second-order valence-corrected chi connectivity index (χ2v) is 7.48. The minimum atomic E-state index is 0.624. The third kappa shape index (κ3) is 4.43. The van der Waals surface area contributed by atoms with Gasteiger partial charge in [0.15, 0.2) is 0 Å². The van der Waals surface area contributed by atoms with Gasteiger partial charge in [-0.25, -0.2) is 0 Å². The van der Waals surface area contributed by atoms with Gasteiger partial charge in [0.05, 0.1) is 6.61 Å². The summed E-state index contributed by atoms with van der Waals surface area (Å²) in [6, 6.07) is 25.2. The van der Waals surface area contributed by atoms with Gasteiger partial charge in [0.25, 0.3) is 0 Å². The highest BCUT2D eigenvalue weighted by molar-refractivity contribution is 5.82. The summed E-state index contributed by atoms with van der Waals surface area (Å²) in [5, 5.41) is 0. The molecule has 0 radical (unpaired) electrons. The van der Waals surface area contributed by atoms with Crippen molar-refractivity contribution >= 4 is 24.3 Å². The molecule has 0 saturated carbocycles. The van der Waals surface area contributed by atoms with Crippen molar-refractivity contribution in [1.29, 1.82) is 0 Å². The molecule has 1 heteroatoms. The molecule has 0 bridgehead atoms. The number of hydrogen-bond donors (Lipinski definition) is 0. The van der Waals surface area contributed by atoms with Crippen LogP contribution in [-0.4, -0.2) is 6.61 Å². The van der Waals surface area contributed by atoms with E-state index in [4.69, 9.17) is 4.74 Å². The Morgan fingerprint density at radius 3 is 2.07 bits per heavy atom. The maximum absolute atomic E-state index is 6.07. The third-order valence-corrected chi connectivity index (χ3v) is 5.27. The van der Waals surface area contributed by atoms with E-state index in [-0.39, 0.29) is 0 Å². The average molecular weight is 367 g/mol. The van der Waals surface area contributed by atoms with Crippen molar-refractivity contribution < 1.29 is 4.74 Å². The van der Waals surface area contributed by atoms with Crippen molar-refractivity contribution in [2.45, 2.75) is 19.8 Å². The first kappa shape index (κ1) is 18.3. The predicted molar refractivity (Wildman–Crippen MR) is 120 cm³/mol. The first-order valence-electron chi connectivity index (χ1n) is 10.0. The predicted octanol–water partition coefficient (Wildman–Crippen LogP) is 6.99. The van der Waals surface area contributed by atoms with Crippen LogP contribution in [-0.2, 0) is 6.42 Å². The van der Waals surface area contributed by atoms with Crippen LogP contribution in [0.3, 0.4) is 0 Å². The fraction of sp³-hybridized carbons (Fsp3) is 0.185. The quantitative estimate of drug-likeness (QED) is 0.452. The summed E-state index contributed by atoms with van der Waals surface area (Å²) in [7, 11) is 0. The second kappa shape index (κ2) is 8.75. The van der Waals surface area contributed by atoms with Crippen molar-refractivity contribution in [3.8, 4) is 5.75 Å². The third-order valence-electron chi connectivity index (χ3n) is 5.27. The molecule has 140 valence electrons. The van der Waals surface area contributed by atoms with E-state index in [2.05, 4.69) is 98.0 Å². The Morgan fingerprint density at radius 2 is 1.39 bits per heavy atom. The van der Waals surface area contributed by atoms with Crippen LogP contribution in [0.5, 0.6) is 5.75 Å². The zero-order chi connectivity index (χ0) is 19.2. The Morgan fingerprint density at radius 1 is 0.750 bits per heavy atom. The molecule has 1 aliphatic heterocycles. The van der Waals surface area contributed by atoms with E-state index < -0.39 is 0 Å². The lowest BCUT2D eigenvalue weighted by atomic mass is 9.91. The molecule has 3 aromatic rings. The lowest BCUT2D eigenvalue weighted by Crippen LogP contribution is -2.00. The summed E-state index contributed by atoms with van der Waals surface area (Å²) < 4.78 is 6.07. The van der Waals surface area contributed by atoms with E-state index in [1.807, 2.05) is 6.07 Å². The van der Waals surface area contributed by atoms with Crippen molar-refractivity contribution in [3.05, 3.63) is 101 Å². The molecule has 3 aromatic carbocycles. The topological polar surface area (TPSA) is 9.23 Å². The van der Waals surface area contributed by atoms with E-state index in [0.29, 0.717) is 5.92 Å². The van der Waals surface area contributed by atoms with Crippen LogP contribution in [0.1, 0.15) is 41.2 Å². The highest BCUT2D eigenvalue weighted by atomic mass is 16.5. The summed E-state index contributed by atoms with van der Waals surface area (Å²) in [5.74, 6) is 1.66. The molecule has 1 nitrogen and oxygen atoms in total. The molecule has 0 saturated heterocycles. The van der Waals surface area contributed by atoms with Gasteiger partial charge in [-0.05, 0) is 47.1 Å². The largest absolute Gasteiger partial charge is 0.493 e. The molecule has 4 rings (SSSR count). The molecule has 28 heavy (non-hydrogen) atoms. The minimum absolute atomic E-state index is 0.624. The summed E-state index contributed by atoms with van der Waals surface area (Å²) >= 11 is 0. The highest BCUT2D eigenvalue weighted by Crippen LogP contribution is 2.34. The van der Waals surface area contributed by atoms with E-state index in [9.17, 15) is 0 Å². The summed E-state index contributed by atoms with van der Waals surface area (Å²) in [4.78, 5) is 0. The zero-order valence-electron chi connectivity index (χ0n) is 16.3. The van der Waals surface area contributed by atoms with Gasteiger partial charge in [0.1, 0.15) is 5.75 Å². The van der Waals surface area contributed by atoms with Crippen molar-refractivity contribution in [3.63, 3.8) is 0 Å². The van der Waals surface area contributed by atoms with Crippen LogP contribution in [0.4, 0.5) is 0 Å². The Bertz CT molecular complexity index is 968. The number of benzene rings is 3.